The van der Waals surface area contributed by atoms with Gasteiger partial charge in [-0.25, -0.2) is 4.99 Å². The molecule has 0 saturated carbocycles. The van der Waals surface area contributed by atoms with Crippen LogP contribution in [-0.4, -0.2) is 23.3 Å². The number of unbranched alkanes of at least 4 members (excludes halogenated alkanes) is 6. The third-order valence-electron chi connectivity index (χ3n) is 3.31. The molecular weight excluding hydrogens is 318 g/mol. The Bertz CT molecular complexity index is 541. The lowest BCUT2D eigenvalue weighted by atomic mass is 10.1. The second-order valence-corrected chi connectivity index (χ2v) is 5.63. The van der Waals surface area contributed by atoms with Crippen LogP contribution in [0.2, 0.25) is 0 Å². The van der Waals surface area contributed by atoms with Crippen LogP contribution in [0.25, 0.3) is 0 Å². The van der Waals surface area contributed by atoms with Crippen LogP contribution in [0.15, 0.2) is 17.6 Å². The molecule has 0 rings (SSSR count). The molecule has 0 aliphatic carbocycles. The Balaban J connectivity index is 4.28. The minimum absolute atomic E-state index is 0.164. The summed E-state index contributed by atoms with van der Waals surface area (Å²) in [6.07, 6.45) is 10.4. The molecule has 3 nitrogen and oxygen atoms in total. The predicted octanol–water partition coefficient (Wildman–Crippen LogP) is 4.72. The normalized spacial score (nSPS) is 11.6. The van der Waals surface area contributed by atoms with Crippen LogP contribution < -0.4 is 0 Å². The van der Waals surface area contributed by atoms with Gasteiger partial charge in [0.05, 0.1) is 5.16 Å². The van der Waals surface area contributed by atoms with E-state index in [2.05, 4.69) is 59.6 Å². The lowest BCUT2D eigenvalue weighted by Gasteiger charge is -2.04. The van der Waals surface area contributed by atoms with E-state index < -0.39 is 12.1 Å². The summed E-state index contributed by atoms with van der Waals surface area (Å²) in [5, 5.41) is 2.40. The van der Waals surface area contributed by atoms with Gasteiger partial charge in [0.25, 0.3) is 0 Å². The molecule has 0 fully saturated rings. The van der Waals surface area contributed by atoms with Crippen LogP contribution in [0.5, 0.6) is 0 Å². The predicted molar refractivity (Wildman–Crippen MR) is 103 cm³/mol. The van der Waals surface area contributed by atoms with Gasteiger partial charge in [0, 0.05) is 6.92 Å². The summed E-state index contributed by atoms with van der Waals surface area (Å²) < 4.78 is 4.92. The molecule has 0 unspecified atom stereocenters. The average molecular weight is 346 g/mol. The van der Waals surface area contributed by atoms with Crippen LogP contribution in [0.4, 0.5) is 0 Å². The molecule has 0 aliphatic rings. The fourth-order valence-electron chi connectivity index (χ4n) is 2.07. The van der Waals surface area contributed by atoms with Gasteiger partial charge in [0.1, 0.15) is 6.04 Å². The van der Waals surface area contributed by atoms with Crippen molar-refractivity contribution in [3.05, 3.63) is 12.7 Å². The highest BCUT2D eigenvalue weighted by Gasteiger charge is 2.02. The number of rotatable bonds is 11. The molecular formula is C20H27NO2S. The first-order valence-electron chi connectivity index (χ1n) is 8.51. The molecule has 0 radical (unpaired) electrons. The van der Waals surface area contributed by atoms with Crippen LogP contribution in [0.1, 0.15) is 65.2 Å². The lowest BCUT2D eigenvalue weighted by Crippen LogP contribution is -2.10. The fraction of sp³-hybridized carbons (Fsp3) is 0.600. The van der Waals surface area contributed by atoms with E-state index in [1.807, 2.05) is 0 Å². The molecule has 0 saturated heterocycles. The van der Waals surface area contributed by atoms with Crippen LogP contribution >= 0.6 is 12.2 Å². The largest absolute Gasteiger partial charge is 0.445 e. The van der Waals surface area contributed by atoms with Gasteiger partial charge in [-0.1, -0.05) is 64.4 Å². The van der Waals surface area contributed by atoms with E-state index >= 15 is 0 Å². The van der Waals surface area contributed by atoms with E-state index in [-0.39, 0.29) is 6.04 Å². The zero-order valence-corrected chi connectivity index (χ0v) is 15.6. The maximum absolute atomic E-state index is 10.9. The minimum Gasteiger partial charge on any atom is -0.445 e. The molecule has 0 aromatic carbocycles. The van der Waals surface area contributed by atoms with Crippen molar-refractivity contribution in [3.63, 3.8) is 0 Å². The van der Waals surface area contributed by atoms with Crippen molar-refractivity contribution in [2.24, 2.45) is 4.99 Å². The third-order valence-corrected chi connectivity index (χ3v) is 3.42. The van der Waals surface area contributed by atoms with Crippen molar-refractivity contribution < 1.29 is 9.53 Å². The quantitative estimate of drug-likeness (QED) is 0.136. The number of esters is 1. The third kappa shape index (κ3) is 13.8. The highest BCUT2D eigenvalue weighted by molar-refractivity contribution is 7.78. The first-order chi connectivity index (χ1) is 11.6. The van der Waals surface area contributed by atoms with Crippen molar-refractivity contribution >= 4 is 23.3 Å². The smallest absolute Gasteiger partial charge is 0.304 e. The molecule has 0 spiro atoms. The Morgan fingerprint density at radius 1 is 1.17 bits per heavy atom. The Hall–Kier alpha value is -1.87. The van der Waals surface area contributed by atoms with Gasteiger partial charge >= 0.3 is 5.97 Å². The first-order valence-corrected chi connectivity index (χ1v) is 8.92. The van der Waals surface area contributed by atoms with Gasteiger partial charge in [-0.3, -0.25) is 4.79 Å². The lowest BCUT2D eigenvalue weighted by molar-refractivity contribution is -0.142. The highest BCUT2D eigenvalue weighted by Crippen LogP contribution is 2.10. The average Bonchev–Trinajstić information content (AvgIpc) is 2.56. The summed E-state index contributed by atoms with van der Waals surface area (Å²) in [6, 6.07) is -0.164. The van der Waals surface area contributed by atoms with Gasteiger partial charge in [-0.15, -0.1) is 0 Å². The zero-order valence-electron chi connectivity index (χ0n) is 14.8. The molecule has 0 bridgehead atoms. The van der Waals surface area contributed by atoms with Crippen LogP contribution in [0.3, 0.4) is 0 Å². The van der Waals surface area contributed by atoms with Crippen LogP contribution in [0, 0.1) is 23.7 Å². The Morgan fingerprint density at radius 3 is 2.38 bits per heavy atom. The SMILES string of the molecule is C=C[C@@H](C#CC#C[C@@H](CCCCCCCCC)N=C=S)OC(C)=O. The number of carbonyl (C=O) groups excluding carboxylic acids is 1. The van der Waals surface area contributed by atoms with Crippen molar-refractivity contribution in [3.8, 4) is 23.7 Å². The number of hydrogen-bond acceptors (Lipinski definition) is 4. The van der Waals surface area contributed by atoms with Gasteiger partial charge < -0.3 is 4.74 Å². The molecule has 2 atom stereocenters. The van der Waals surface area contributed by atoms with Crippen LogP contribution in [-0.2, 0) is 9.53 Å². The Labute approximate surface area is 152 Å². The van der Waals surface area contributed by atoms with Crippen molar-refractivity contribution in [1.29, 1.82) is 0 Å². The molecule has 0 aliphatic heterocycles. The molecule has 24 heavy (non-hydrogen) atoms. The maximum atomic E-state index is 10.9. The summed E-state index contributed by atoms with van der Waals surface area (Å²) in [5.41, 5.74) is 0. The maximum Gasteiger partial charge on any atom is 0.304 e. The number of ether oxygens (including phenoxy) is 1. The van der Waals surface area contributed by atoms with Gasteiger partial charge in [0.2, 0.25) is 0 Å². The summed E-state index contributed by atoms with van der Waals surface area (Å²) in [6.45, 7) is 7.11. The number of carbonyl (C=O) groups is 1. The number of hydrogen-bond donors (Lipinski definition) is 0. The summed E-state index contributed by atoms with van der Waals surface area (Å²) in [4.78, 5) is 14.9. The van der Waals surface area contributed by atoms with Crippen molar-refractivity contribution in [2.45, 2.75) is 77.4 Å². The zero-order chi connectivity index (χ0) is 18.0. The second-order valence-electron chi connectivity index (χ2n) is 5.45. The highest BCUT2D eigenvalue weighted by atomic mass is 32.1. The minimum atomic E-state index is -0.632. The summed E-state index contributed by atoms with van der Waals surface area (Å²) in [5.74, 6) is 10.7. The topological polar surface area (TPSA) is 38.7 Å². The van der Waals surface area contributed by atoms with E-state index in [0.29, 0.717) is 0 Å². The van der Waals surface area contributed by atoms with Gasteiger partial charge in [-0.2, -0.15) is 0 Å². The Kier molecular flexibility index (Phi) is 14.8. The molecule has 0 aromatic heterocycles. The number of thiocarbonyl (C=S) groups is 1. The summed E-state index contributed by atoms with van der Waals surface area (Å²) >= 11 is 4.67. The van der Waals surface area contributed by atoms with Crippen molar-refractivity contribution in [2.75, 3.05) is 0 Å². The molecule has 0 N–H and O–H groups in total. The fourth-order valence-corrected chi connectivity index (χ4v) is 2.20. The monoisotopic (exact) mass is 345 g/mol. The van der Waals surface area contributed by atoms with Gasteiger partial charge in [-0.05, 0) is 42.5 Å². The molecule has 0 heterocycles. The first kappa shape index (κ1) is 22.1. The van der Waals surface area contributed by atoms with E-state index in [1.54, 1.807) is 0 Å². The Morgan fingerprint density at radius 2 is 1.79 bits per heavy atom. The second kappa shape index (κ2) is 16.0. The van der Waals surface area contributed by atoms with Crippen molar-refractivity contribution in [1.82, 2.24) is 0 Å². The molecule has 0 amide bonds. The standard InChI is InChI=1S/C20H27NO2S/c1-4-6-7-8-9-10-11-14-19(21-17-24)15-12-13-16-20(5-2)23-18(3)22/h5,19-20H,2,4,6-11,14H2,1,3H3/t19-,20+/m1/s1. The molecule has 4 heteroatoms. The molecule has 130 valence electrons. The van der Waals surface area contributed by atoms with E-state index in [4.69, 9.17) is 4.74 Å². The van der Waals surface area contributed by atoms with E-state index in [9.17, 15) is 4.79 Å². The number of nitrogens with zero attached hydrogens (tertiary/aromatic N) is 1. The summed E-state index contributed by atoms with van der Waals surface area (Å²) in [7, 11) is 0. The van der Waals surface area contributed by atoms with Gasteiger partial charge in [0.15, 0.2) is 6.10 Å². The number of aliphatic imine (C=N–C) groups is 1. The molecule has 0 aromatic rings. The van der Waals surface area contributed by atoms with E-state index in [0.717, 1.165) is 12.8 Å². The van der Waals surface area contributed by atoms with E-state index in [1.165, 1.54) is 51.5 Å². The number of isothiocyanates is 1.